The predicted molar refractivity (Wildman–Crippen MR) is 70.1 cm³/mol. The second kappa shape index (κ2) is 5.22. The summed E-state index contributed by atoms with van der Waals surface area (Å²) in [6.07, 6.45) is 1.79. The molecule has 0 aromatic heterocycles. The molecule has 2 fully saturated rings. The van der Waals surface area contributed by atoms with Crippen LogP contribution in [-0.4, -0.2) is 73.4 Å². The van der Waals surface area contributed by atoms with E-state index < -0.39 is 5.60 Å². The zero-order valence-corrected chi connectivity index (χ0v) is 11.4. The molecule has 2 rings (SSSR count). The molecular weight excluding hydrogens is 214 g/mol. The fraction of sp³-hybridized carbons (Fsp3) is 1.00. The molecule has 2 aliphatic heterocycles. The fourth-order valence-corrected chi connectivity index (χ4v) is 3.32. The van der Waals surface area contributed by atoms with Gasteiger partial charge in [0, 0.05) is 25.7 Å². The Kier molecular flexibility index (Phi) is 4.08. The summed E-state index contributed by atoms with van der Waals surface area (Å²) in [5, 5.41) is 13.9. The molecule has 0 aliphatic carbocycles. The van der Waals surface area contributed by atoms with Crippen LogP contribution in [0.15, 0.2) is 0 Å². The molecule has 2 N–H and O–H groups in total. The van der Waals surface area contributed by atoms with E-state index in [2.05, 4.69) is 36.1 Å². The maximum Gasteiger partial charge on any atom is 0.0798 e. The maximum atomic E-state index is 10.5. The van der Waals surface area contributed by atoms with Crippen molar-refractivity contribution in [3.8, 4) is 0 Å². The number of hydrogen-bond donors (Lipinski definition) is 2. The van der Waals surface area contributed by atoms with Gasteiger partial charge in [-0.3, -0.25) is 4.90 Å². The number of nitrogens with zero attached hydrogens (tertiary/aromatic N) is 2. The van der Waals surface area contributed by atoms with Crippen LogP contribution >= 0.6 is 0 Å². The largest absolute Gasteiger partial charge is 0.388 e. The van der Waals surface area contributed by atoms with E-state index in [4.69, 9.17) is 0 Å². The van der Waals surface area contributed by atoms with Gasteiger partial charge < -0.3 is 15.3 Å². The van der Waals surface area contributed by atoms with E-state index in [1.165, 1.54) is 0 Å². The van der Waals surface area contributed by atoms with Crippen LogP contribution in [0.2, 0.25) is 0 Å². The SMILES string of the molecule is CC1CN(CC2(O)CCNCC2)CC1N(C)C. The number of likely N-dealkylation sites (tertiary alicyclic amines) is 1. The first-order chi connectivity index (χ1) is 8.00. The van der Waals surface area contributed by atoms with Crippen LogP contribution in [0.4, 0.5) is 0 Å². The van der Waals surface area contributed by atoms with Crippen LogP contribution in [0.3, 0.4) is 0 Å². The van der Waals surface area contributed by atoms with Crippen LogP contribution in [0.5, 0.6) is 0 Å². The number of piperidine rings is 1. The van der Waals surface area contributed by atoms with Gasteiger partial charge in [0.05, 0.1) is 5.60 Å². The molecule has 100 valence electrons. The van der Waals surface area contributed by atoms with Crippen LogP contribution in [-0.2, 0) is 0 Å². The molecule has 0 saturated carbocycles. The molecule has 4 nitrogen and oxygen atoms in total. The molecule has 2 saturated heterocycles. The second-order valence-corrected chi connectivity index (χ2v) is 6.18. The number of β-amino-alcohol motifs (C(OH)–C–C–N with tert-alkyl or cyclic N) is 1. The van der Waals surface area contributed by atoms with Gasteiger partial charge in [-0.05, 0) is 45.9 Å². The van der Waals surface area contributed by atoms with Crippen LogP contribution in [0.1, 0.15) is 19.8 Å². The average Bonchev–Trinajstić information content (AvgIpc) is 2.59. The van der Waals surface area contributed by atoms with Crippen molar-refractivity contribution in [1.82, 2.24) is 15.1 Å². The van der Waals surface area contributed by atoms with E-state index in [9.17, 15) is 5.11 Å². The Morgan fingerprint density at radius 2 is 1.94 bits per heavy atom. The molecule has 0 amide bonds. The van der Waals surface area contributed by atoms with E-state index in [1.807, 2.05) is 0 Å². The summed E-state index contributed by atoms with van der Waals surface area (Å²) >= 11 is 0. The molecule has 4 heteroatoms. The van der Waals surface area contributed by atoms with Gasteiger partial charge >= 0.3 is 0 Å². The quantitative estimate of drug-likeness (QED) is 0.728. The van der Waals surface area contributed by atoms with E-state index in [-0.39, 0.29) is 0 Å². The van der Waals surface area contributed by atoms with Crippen molar-refractivity contribution in [1.29, 1.82) is 0 Å². The monoisotopic (exact) mass is 241 g/mol. The molecule has 0 aromatic carbocycles. The van der Waals surface area contributed by atoms with Crippen molar-refractivity contribution in [3.63, 3.8) is 0 Å². The fourth-order valence-electron chi connectivity index (χ4n) is 3.32. The van der Waals surface area contributed by atoms with Gasteiger partial charge in [0.25, 0.3) is 0 Å². The summed E-state index contributed by atoms with van der Waals surface area (Å²) in [5.74, 6) is 0.704. The zero-order chi connectivity index (χ0) is 12.5. The minimum absolute atomic E-state index is 0.452. The minimum atomic E-state index is -0.452. The van der Waals surface area contributed by atoms with Gasteiger partial charge in [0.15, 0.2) is 0 Å². The molecule has 2 aliphatic rings. The van der Waals surface area contributed by atoms with Crippen LogP contribution in [0, 0.1) is 5.92 Å². The summed E-state index contributed by atoms with van der Waals surface area (Å²) in [5.41, 5.74) is -0.452. The van der Waals surface area contributed by atoms with Crippen molar-refractivity contribution < 1.29 is 5.11 Å². The first-order valence-electron chi connectivity index (χ1n) is 6.82. The maximum absolute atomic E-state index is 10.5. The lowest BCUT2D eigenvalue weighted by Gasteiger charge is -2.36. The number of aliphatic hydroxyl groups is 1. The van der Waals surface area contributed by atoms with E-state index in [1.54, 1.807) is 0 Å². The highest BCUT2D eigenvalue weighted by Crippen LogP contribution is 2.25. The molecule has 2 atom stereocenters. The summed E-state index contributed by atoms with van der Waals surface area (Å²) in [7, 11) is 4.31. The van der Waals surface area contributed by atoms with Crippen molar-refractivity contribution in [2.24, 2.45) is 5.92 Å². The van der Waals surface area contributed by atoms with Gasteiger partial charge in [-0.25, -0.2) is 0 Å². The lowest BCUT2D eigenvalue weighted by Crippen LogP contribution is -2.49. The summed E-state index contributed by atoms with van der Waals surface area (Å²) in [6, 6.07) is 0.639. The highest BCUT2D eigenvalue weighted by molar-refractivity contribution is 4.93. The Balaban J connectivity index is 1.88. The highest BCUT2D eigenvalue weighted by atomic mass is 16.3. The van der Waals surface area contributed by atoms with Crippen LogP contribution < -0.4 is 5.32 Å². The topological polar surface area (TPSA) is 38.7 Å². The Morgan fingerprint density at radius 1 is 1.29 bits per heavy atom. The normalized spacial score (nSPS) is 34.4. The third-order valence-electron chi connectivity index (χ3n) is 4.36. The van der Waals surface area contributed by atoms with Crippen molar-refractivity contribution in [3.05, 3.63) is 0 Å². The highest BCUT2D eigenvalue weighted by Gasteiger charge is 2.37. The second-order valence-electron chi connectivity index (χ2n) is 6.18. The molecule has 2 heterocycles. The van der Waals surface area contributed by atoms with Gasteiger partial charge in [-0.1, -0.05) is 6.92 Å². The van der Waals surface area contributed by atoms with Gasteiger partial charge in [-0.2, -0.15) is 0 Å². The number of nitrogens with one attached hydrogen (secondary N) is 1. The Hall–Kier alpha value is -0.160. The van der Waals surface area contributed by atoms with Crippen LogP contribution in [0.25, 0.3) is 0 Å². The van der Waals surface area contributed by atoms with Crippen molar-refractivity contribution in [2.45, 2.75) is 31.4 Å². The molecular formula is C13H27N3O. The third kappa shape index (κ3) is 3.19. The number of hydrogen-bond acceptors (Lipinski definition) is 4. The molecule has 0 radical (unpaired) electrons. The molecule has 2 unspecified atom stereocenters. The van der Waals surface area contributed by atoms with E-state index >= 15 is 0 Å². The standard InChI is InChI=1S/C13H27N3O/c1-11-8-16(9-12(11)15(2)3)10-13(17)4-6-14-7-5-13/h11-12,14,17H,4-10H2,1-3H3. The molecule has 17 heavy (non-hydrogen) atoms. The Bertz CT molecular complexity index is 251. The summed E-state index contributed by atoms with van der Waals surface area (Å²) < 4.78 is 0. The molecule has 0 aromatic rings. The number of rotatable bonds is 3. The number of likely N-dealkylation sites (N-methyl/N-ethyl adjacent to an activating group) is 1. The Labute approximate surface area is 105 Å². The van der Waals surface area contributed by atoms with E-state index in [0.717, 1.165) is 45.6 Å². The van der Waals surface area contributed by atoms with Crippen molar-refractivity contribution >= 4 is 0 Å². The van der Waals surface area contributed by atoms with Gasteiger partial charge in [0.1, 0.15) is 0 Å². The molecule has 0 spiro atoms. The van der Waals surface area contributed by atoms with E-state index in [0.29, 0.717) is 12.0 Å². The first-order valence-corrected chi connectivity index (χ1v) is 6.82. The predicted octanol–water partition coefficient (Wildman–Crippen LogP) is -0.0172. The smallest absolute Gasteiger partial charge is 0.0798 e. The van der Waals surface area contributed by atoms with Gasteiger partial charge in [0.2, 0.25) is 0 Å². The minimum Gasteiger partial charge on any atom is -0.388 e. The summed E-state index contributed by atoms with van der Waals surface area (Å²) in [4.78, 5) is 4.76. The zero-order valence-electron chi connectivity index (χ0n) is 11.4. The lowest BCUT2D eigenvalue weighted by molar-refractivity contribution is -0.0171. The van der Waals surface area contributed by atoms with Crippen molar-refractivity contribution in [2.75, 3.05) is 46.8 Å². The van der Waals surface area contributed by atoms with Gasteiger partial charge in [-0.15, -0.1) is 0 Å². The average molecular weight is 241 g/mol. The molecule has 0 bridgehead atoms. The third-order valence-corrected chi connectivity index (χ3v) is 4.36. The lowest BCUT2D eigenvalue weighted by atomic mass is 9.92. The Morgan fingerprint density at radius 3 is 2.47 bits per heavy atom. The summed E-state index contributed by atoms with van der Waals surface area (Å²) in [6.45, 7) is 7.30. The first kappa shape index (κ1) is 13.3.